The molecule has 0 radical (unpaired) electrons. The Labute approximate surface area is 203 Å². The summed E-state index contributed by atoms with van der Waals surface area (Å²) < 4.78 is 58.8. The second kappa shape index (κ2) is 7.90. The highest BCUT2D eigenvalue weighted by Gasteiger charge is 2.25. The van der Waals surface area contributed by atoms with E-state index in [4.69, 9.17) is 17.8 Å². The zero-order valence-electron chi connectivity index (χ0n) is 25.0. The van der Waals surface area contributed by atoms with Crippen molar-refractivity contribution in [3.63, 3.8) is 0 Å². The molecule has 0 bridgehead atoms. The molecule has 1 unspecified atom stereocenters. The summed E-state index contributed by atoms with van der Waals surface area (Å²) in [6.45, 7) is 9.53. The Kier molecular flexibility index (Phi) is 3.60. The Bertz CT molecular complexity index is 1830. The smallest absolute Gasteiger partial charge is 0.216 e. The SMILES string of the molecule is [2H]c1c(C([2H])(C)C([2H])([2H])[2H])c([2H])c(-c2c(C)cc(-c3ccccc3)c3c2oc2cc([N+]#[C-])ccc23)[n+](C)c1C. The van der Waals surface area contributed by atoms with E-state index in [2.05, 4.69) is 4.85 Å². The summed E-state index contributed by atoms with van der Waals surface area (Å²) in [4.78, 5) is 3.54. The standard InChI is InChI=1S/C30H27N2O/c1-18(2)22-15-20(4)32(6)26(16-22)28-19(3)14-25(21-10-8-7-9-11-21)29-24-13-12-23(31-5)17-27(24)33-30(28)29/h7-18H,1-4,6H3/q+1/i1D3,15D,16D,18D. The van der Waals surface area contributed by atoms with Crippen LogP contribution in [0.3, 0.4) is 0 Å². The Morgan fingerprint density at radius 3 is 2.64 bits per heavy atom. The maximum Gasteiger partial charge on any atom is 0.216 e. The van der Waals surface area contributed by atoms with E-state index in [0.29, 0.717) is 33.8 Å². The van der Waals surface area contributed by atoms with Crippen LogP contribution in [0.4, 0.5) is 5.69 Å². The average Bonchev–Trinajstić information content (AvgIpc) is 3.26. The molecule has 33 heavy (non-hydrogen) atoms. The summed E-state index contributed by atoms with van der Waals surface area (Å²) in [7, 11) is 1.73. The number of nitrogens with zero attached hydrogens (tertiary/aromatic N) is 2. The number of rotatable bonds is 3. The molecule has 0 aliphatic heterocycles. The van der Waals surface area contributed by atoms with Gasteiger partial charge in [0.1, 0.15) is 18.2 Å². The number of hydrogen-bond donors (Lipinski definition) is 0. The highest BCUT2D eigenvalue weighted by atomic mass is 16.3. The molecule has 0 saturated carbocycles. The van der Waals surface area contributed by atoms with E-state index in [-0.39, 0.29) is 17.6 Å². The average molecular weight is 438 g/mol. The molecular weight excluding hydrogens is 404 g/mol. The molecule has 0 fully saturated rings. The first-order chi connectivity index (χ1) is 18.3. The monoisotopic (exact) mass is 437 g/mol. The van der Waals surface area contributed by atoms with Crippen LogP contribution in [0, 0.1) is 20.4 Å². The van der Waals surface area contributed by atoms with E-state index in [1.165, 1.54) is 6.92 Å². The quantitative estimate of drug-likeness (QED) is 0.207. The number of furan rings is 1. The summed E-state index contributed by atoms with van der Waals surface area (Å²) in [6.07, 6.45) is 0. The van der Waals surface area contributed by atoms with E-state index >= 15 is 0 Å². The second-order valence-corrected chi connectivity index (χ2v) is 8.32. The van der Waals surface area contributed by atoms with Crippen molar-refractivity contribution < 1.29 is 17.2 Å². The lowest BCUT2D eigenvalue weighted by molar-refractivity contribution is -0.666. The van der Waals surface area contributed by atoms with Crippen LogP contribution in [0.15, 0.2) is 71.1 Å². The van der Waals surface area contributed by atoms with Crippen LogP contribution in [0.2, 0.25) is 0 Å². The van der Waals surface area contributed by atoms with E-state index in [1.807, 2.05) is 49.4 Å². The van der Waals surface area contributed by atoms with Crippen LogP contribution < -0.4 is 4.57 Å². The Morgan fingerprint density at radius 2 is 1.91 bits per heavy atom. The number of aryl methyl sites for hydroxylation is 1. The molecule has 5 aromatic rings. The highest BCUT2D eigenvalue weighted by Crippen LogP contribution is 2.44. The van der Waals surface area contributed by atoms with Crippen molar-refractivity contribution >= 4 is 27.6 Å². The van der Waals surface area contributed by atoms with Gasteiger partial charge in [-0.3, -0.25) is 0 Å². The number of pyridine rings is 1. The molecule has 0 amide bonds. The first-order valence-corrected chi connectivity index (χ1v) is 10.7. The van der Waals surface area contributed by atoms with E-state index < -0.39 is 12.7 Å². The van der Waals surface area contributed by atoms with Gasteiger partial charge in [0.15, 0.2) is 11.4 Å². The summed E-state index contributed by atoms with van der Waals surface area (Å²) in [5.41, 5.74) is 5.39. The molecular formula is C30H27N2O+. The highest BCUT2D eigenvalue weighted by molar-refractivity contribution is 6.17. The predicted molar refractivity (Wildman–Crippen MR) is 136 cm³/mol. The first kappa shape index (κ1) is 15.0. The lowest BCUT2D eigenvalue weighted by atomic mass is 9.91. The molecule has 0 saturated heterocycles. The topological polar surface area (TPSA) is 21.4 Å². The van der Waals surface area contributed by atoms with Crippen molar-refractivity contribution in [3.05, 3.63) is 94.9 Å². The van der Waals surface area contributed by atoms with Crippen LogP contribution in [0.5, 0.6) is 0 Å². The van der Waals surface area contributed by atoms with Crippen molar-refractivity contribution in [2.24, 2.45) is 7.05 Å². The Balaban J connectivity index is 1.98. The van der Waals surface area contributed by atoms with Crippen LogP contribution >= 0.6 is 0 Å². The van der Waals surface area contributed by atoms with Gasteiger partial charge in [0.05, 0.1) is 14.9 Å². The van der Waals surface area contributed by atoms with Crippen molar-refractivity contribution in [2.75, 3.05) is 0 Å². The fourth-order valence-corrected chi connectivity index (χ4v) is 4.36. The third-order valence-electron chi connectivity index (χ3n) is 6.14. The lowest BCUT2D eigenvalue weighted by Crippen LogP contribution is -2.35. The normalized spacial score (nSPS) is 16.2. The summed E-state index contributed by atoms with van der Waals surface area (Å²) >= 11 is 0. The van der Waals surface area contributed by atoms with Crippen LogP contribution in [-0.4, -0.2) is 0 Å². The van der Waals surface area contributed by atoms with Gasteiger partial charge in [-0.15, -0.1) is 0 Å². The minimum Gasteiger partial charge on any atom is -0.456 e. The number of fused-ring (bicyclic) bond motifs is 3. The second-order valence-electron chi connectivity index (χ2n) is 8.32. The molecule has 162 valence electrons. The molecule has 0 aliphatic carbocycles. The predicted octanol–water partition coefficient (Wildman–Crippen LogP) is 8.04. The lowest BCUT2D eigenvalue weighted by Gasteiger charge is -2.13. The van der Waals surface area contributed by atoms with Crippen molar-refractivity contribution in [3.8, 4) is 22.4 Å². The molecule has 1 atom stereocenters. The van der Waals surface area contributed by atoms with Crippen LogP contribution in [0.1, 0.15) is 44.7 Å². The van der Waals surface area contributed by atoms with Gasteiger partial charge in [0.25, 0.3) is 0 Å². The third kappa shape index (κ3) is 3.39. The number of benzene rings is 3. The zero-order chi connectivity index (χ0) is 28.4. The van der Waals surface area contributed by atoms with Gasteiger partial charge in [-0.25, -0.2) is 4.85 Å². The van der Waals surface area contributed by atoms with Gasteiger partial charge >= 0.3 is 0 Å². The van der Waals surface area contributed by atoms with Gasteiger partial charge in [-0.1, -0.05) is 56.2 Å². The van der Waals surface area contributed by atoms with Gasteiger partial charge in [0, 0.05) is 35.3 Å². The largest absolute Gasteiger partial charge is 0.456 e. The molecule has 2 aromatic heterocycles. The Morgan fingerprint density at radius 1 is 1.12 bits per heavy atom. The summed E-state index contributed by atoms with van der Waals surface area (Å²) in [5.74, 6) is -2.18. The fourth-order valence-electron chi connectivity index (χ4n) is 4.36. The third-order valence-corrected chi connectivity index (χ3v) is 6.14. The van der Waals surface area contributed by atoms with Crippen molar-refractivity contribution in [1.29, 1.82) is 0 Å². The van der Waals surface area contributed by atoms with Gasteiger partial charge < -0.3 is 4.42 Å². The van der Waals surface area contributed by atoms with Crippen LogP contribution in [-0.2, 0) is 7.05 Å². The van der Waals surface area contributed by atoms with Gasteiger partial charge in [-0.2, -0.15) is 4.57 Å². The molecule has 3 aromatic carbocycles. The van der Waals surface area contributed by atoms with E-state index in [1.54, 1.807) is 30.7 Å². The molecule has 5 rings (SSSR count). The fraction of sp³-hybridized carbons (Fsp3) is 0.200. The summed E-state index contributed by atoms with van der Waals surface area (Å²) in [6, 6.07) is 16.9. The van der Waals surface area contributed by atoms with Crippen molar-refractivity contribution in [1.82, 2.24) is 0 Å². The molecule has 3 nitrogen and oxygen atoms in total. The molecule has 0 N–H and O–H groups in total. The number of hydrogen-bond acceptors (Lipinski definition) is 1. The van der Waals surface area contributed by atoms with Gasteiger partial charge in [0.2, 0.25) is 5.69 Å². The van der Waals surface area contributed by atoms with Crippen LogP contribution in [0.25, 0.3) is 49.2 Å². The maximum absolute atomic E-state index is 9.19. The van der Waals surface area contributed by atoms with E-state index in [0.717, 1.165) is 27.5 Å². The maximum atomic E-state index is 9.19. The zero-order valence-corrected chi connectivity index (χ0v) is 19.0. The number of aromatic nitrogens is 1. The minimum absolute atomic E-state index is 0.138. The van der Waals surface area contributed by atoms with E-state index in [9.17, 15) is 1.37 Å². The molecule has 0 spiro atoms. The minimum atomic E-state index is -2.75. The molecule has 3 heteroatoms. The molecule has 2 heterocycles. The first-order valence-electron chi connectivity index (χ1n) is 13.7. The molecule has 0 aliphatic rings. The van der Waals surface area contributed by atoms with Crippen molar-refractivity contribution in [2.45, 2.75) is 33.5 Å². The summed E-state index contributed by atoms with van der Waals surface area (Å²) in [5, 5.41) is 1.62. The van der Waals surface area contributed by atoms with Gasteiger partial charge in [-0.05, 0) is 47.2 Å². The Hall–Kier alpha value is -3.90.